The van der Waals surface area contributed by atoms with Gasteiger partial charge in [-0.05, 0) is 37.9 Å². The summed E-state index contributed by atoms with van der Waals surface area (Å²) < 4.78 is 0. The first-order chi connectivity index (χ1) is 10.1. The smallest absolute Gasteiger partial charge is 0.101 e. The Morgan fingerprint density at radius 2 is 1.90 bits per heavy atom. The van der Waals surface area contributed by atoms with Crippen molar-refractivity contribution in [1.82, 2.24) is 4.90 Å². The van der Waals surface area contributed by atoms with E-state index < -0.39 is 0 Å². The number of rotatable bonds is 5. The van der Waals surface area contributed by atoms with E-state index in [1.165, 1.54) is 5.56 Å². The molecular weight excluding hydrogens is 282 g/mol. The Kier molecular flexibility index (Phi) is 5.21. The van der Waals surface area contributed by atoms with Gasteiger partial charge in [-0.3, -0.25) is 0 Å². The molecule has 2 aromatic rings. The number of hydrogen-bond acceptors (Lipinski definition) is 3. The molecule has 0 saturated heterocycles. The molecule has 0 aliphatic heterocycles. The van der Waals surface area contributed by atoms with E-state index in [1.54, 1.807) is 12.1 Å². The Morgan fingerprint density at radius 1 is 1.19 bits per heavy atom. The molecule has 1 unspecified atom stereocenters. The van der Waals surface area contributed by atoms with E-state index in [4.69, 9.17) is 11.6 Å². The second-order valence-electron chi connectivity index (χ2n) is 5.07. The van der Waals surface area contributed by atoms with E-state index in [0.717, 1.165) is 5.69 Å². The van der Waals surface area contributed by atoms with E-state index in [1.807, 2.05) is 38.4 Å². The molecule has 0 aliphatic carbocycles. The Hall–Kier alpha value is -2.02. The third-order valence-electron chi connectivity index (χ3n) is 3.40. The summed E-state index contributed by atoms with van der Waals surface area (Å²) in [4.78, 5) is 2.16. The Bertz CT molecular complexity index is 632. The van der Waals surface area contributed by atoms with Gasteiger partial charge in [0.2, 0.25) is 0 Å². The van der Waals surface area contributed by atoms with Crippen molar-refractivity contribution in [2.75, 3.05) is 26.0 Å². The average Bonchev–Trinajstić information content (AvgIpc) is 2.49. The molecule has 3 nitrogen and oxygen atoms in total. The molecular formula is C17H18ClN3. The minimum Gasteiger partial charge on any atom is -0.382 e. The summed E-state index contributed by atoms with van der Waals surface area (Å²) in [5.41, 5.74) is 2.61. The van der Waals surface area contributed by atoms with Crippen LogP contribution in [0.25, 0.3) is 0 Å². The first kappa shape index (κ1) is 15.4. The maximum absolute atomic E-state index is 9.18. The summed E-state index contributed by atoms with van der Waals surface area (Å²) in [6.45, 7) is 0.716. The molecule has 0 aliphatic rings. The lowest BCUT2D eigenvalue weighted by molar-refractivity contribution is 0.312. The fourth-order valence-electron chi connectivity index (χ4n) is 2.24. The highest BCUT2D eigenvalue weighted by molar-refractivity contribution is 6.30. The van der Waals surface area contributed by atoms with Gasteiger partial charge in [0.05, 0.1) is 17.3 Å². The van der Waals surface area contributed by atoms with Crippen molar-refractivity contribution >= 4 is 17.3 Å². The SMILES string of the molecule is CN(C)C(CNc1ccc(Cl)cc1C#N)c1ccccc1. The molecule has 0 radical (unpaired) electrons. The molecule has 0 saturated carbocycles. The van der Waals surface area contributed by atoms with Crippen molar-refractivity contribution in [1.29, 1.82) is 5.26 Å². The van der Waals surface area contributed by atoms with Crippen LogP contribution >= 0.6 is 11.6 Å². The number of halogens is 1. The summed E-state index contributed by atoms with van der Waals surface area (Å²) >= 11 is 5.92. The molecule has 21 heavy (non-hydrogen) atoms. The summed E-state index contributed by atoms with van der Waals surface area (Å²) in [6, 6.07) is 18.0. The molecule has 1 atom stereocenters. The van der Waals surface area contributed by atoms with Crippen molar-refractivity contribution in [3.63, 3.8) is 0 Å². The van der Waals surface area contributed by atoms with Crippen molar-refractivity contribution < 1.29 is 0 Å². The van der Waals surface area contributed by atoms with Crippen LogP contribution in [0.4, 0.5) is 5.69 Å². The molecule has 0 fully saturated rings. The van der Waals surface area contributed by atoms with Crippen molar-refractivity contribution in [3.05, 3.63) is 64.7 Å². The van der Waals surface area contributed by atoms with Gasteiger partial charge in [0.25, 0.3) is 0 Å². The molecule has 0 spiro atoms. The second kappa shape index (κ2) is 7.12. The van der Waals surface area contributed by atoms with Gasteiger partial charge in [-0.1, -0.05) is 41.9 Å². The number of benzene rings is 2. The Labute approximate surface area is 130 Å². The maximum atomic E-state index is 9.18. The third-order valence-corrected chi connectivity index (χ3v) is 3.63. The number of likely N-dealkylation sites (N-methyl/N-ethyl adjacent to an activating group) is 1. The second-order valence-corrected chi connectivity index (χ2v) is 5.51. The maximum Gasteiger partial charge on any atom is 0.101 e. The van der Waals surface area contributed by atoms with Crippen LogP contribution in [-0.2, 0) is 0 Å². The Morgan fingerprint density at radius 3 is 2.52 bits per heavy atom. The molecule has 0 amide bonds. The summed E-state index contributed by atoms with van der Waals surface area (Å²) in [7, 11) is 4.10. The van der Waals surface area contributed by atoms with E-state index in [9.17, 15) is 5.26 Å². The largest absolute Gasteiger partial charge is 0.382 e. The fourth-order valence-corrected chi connectivity index (χ4v) is 2.42. The van der Waals surface area contributed by atoms with Gasteiger partial charge in [-0.15, -0.1) is 0 Å². The zero-order valence-corrected chi connectivity index (χ0v) is 12.9. The molecule has 0 heterocycles. The standard InChI is InChI=1S/C17H18ClN3/c1-21(2)17(13-6-4-3-5-7-13)12-20-16-9-8-15(18)10-14(16)11-19/h3-10,17,20H,12H2,1-2H3. The minimum atomic E-state index is 0.230. The summed E-state index contributed by atoms with van der Waals surface area (Å²) in [5, 5.41) is 13.1. The predicted molar refractivity (Wildman–Crippen MR) is 87.5 cm³/mol. The highest BCUT2D eigenvalue weighted by atomic mass is 35.5. The summed E-state index contributed by atoms with van der Waals surface area (Å²) in [5.74, 6) is 0. The van der Waals surface area contributed by atoms with Gasteiger partial charge >= 0.3 is 0 Å². The Balaban J connectivity index is 2.15. The molecule has 4 heteroatoms. The third kappa shape index (κ3) is 3.98. The van der Waals surface area contributed by atoms with Crippen LogP contribution in [0.2, 0.25) is 5.02 Å². The van der Waals surface area contributed by atoms with Gasteiger partial charge in [0.15, 0.2) is 0 Å². The van der Waals surface area contributed by atoms with Crippen molar-refractivity contribution in [2.24, 2.45) is 0 Å². The van der Waals surface area contributed by atoms with Crippen molar-refractivity contribution in [2.45, 2.75) is 6.04 Å². The quantitative estimate of drug-likeness (QED) is 0.909. The van der Waals surface area contributed by atoms with E-state index >= 15 is 0 Å². The number of nitrogens with one attached hydrogen (secondary N) is 1. The lowest BCUT2D eigenvalue weighted by atomic mass is 10.1. The first-order valence-electron chi connectivity index (χ1n) is 6.76. The van der Waals surface area contributed by atoms with Gasteiger partial charge in [-0.25, -0.2) is 0 Å². The predicted octanol–water partition coefficient (Wildman–Crippen LogP) is 3.93. The number of nitrogens with zero attached hydrogens (tertiary/aromatic N) is 2. The van der Waals surface area contributed by atoms with Crippen LogP contribution in [-0.4, -0.2) is 25.5 Å². The molecule has 2 rings (SSSR count). The zero-order valence-electron chi connectivity index (χ0n) is 12.2. The zero-order chi connectivity index (χ0) is 15.2. The highest BCUT2D eigenvalue weighted by Gasteiger charge is 2.14. The van der Waals surface area contributed by atoms with Gasteiger partial charge in [-0.2, -0.15) is 5.26 Å². The van der Waals surface area contributed by atoms with Crippen LogP contribution in [0.1, 0.15) is 17.2 Å². The van der Waals surface area contributed by atoms with Gasteiger partial charge in [0, 0.05) is 11.6 Å². The number of hydrogen-bond donors (Lipinski definition) is 1. The molecule has 0 aromatic heterocycles. The number of nitriles is 1. The molecule has 2 aromatic carbocycles. The average molecular weight is 300 g/mol. The van der Waals surface area contributed by atoms with E-state index in [-0.39, 0.29) is 6.04 Å². The van der Waals surface area contributed by atoms with Crippen LogP contribution in [0, 0.1) is 11.3 Å². The normalized spacial score (nSPS) is 12.0. The van der Waals surface area contributed by atoms with Crippen LogP contribution in [0.3, 0.4) is 0 Å². The fraction of sp³-hybridized carbons (Fsp3) is 0.235. The monoisotopic (exact) mass is 299 g/mol. The van der Waals surface area contributed by atoms with Gasteiger partial charge < -0.3 is 10.2 Å². The van der Waals surface area contributed by atoms with Crippen molar-refractivity contribution in [3.8, 4) is 6.07 Å². The van der Waals surface area contributed by atoms with Crippen LogP contribution in [0.15, 0.2) is 48.5 Å². The lowest BCUT2D eigenvalue weighted by Crippen LogP contribution is -2.27. The van der Waals surface area contributed by atoms with Crippen LogP contribution < -0.4 is 5.32 Å². The molecule has 0 bridgehead atoms. The lowest BCUT2D eigenvalue weighted by Gasteiger charge is -2.25. The van der Waals surface area contributed by atoms with E-state index in [2.05, 4.69) is 28.4 Å². The minimum absolute atomic E-state index is 0.230. The highest BCUT2D eigenvalue weighted by Crippen LogP contribution is 2.23. The summed E-state index contributed by atoms with van der Waals surface area (Å²) in [6.07, 6.45) is 0. The van der Waals surface area contributed by atoms with Gasteiger partial charge in [0.1, 0.15) is 6.07 Å². The number of anilines is 1. The first-order valence-corrected chi connectivity index (χ1v) is 7.14. The topological polar surface area (TPSA) is 39.1 Å². The van der Waals surface area contributed by atoms with E-state index in [0.29, 0.717) is 17.1 Å². The molecule has 108 valence electrons. The van der Waals surface area contributed by atoms with Crippen LogP contribution in [0.5, 0.6) is 0 Å². The molecule has 1 N–H and O–H groups in total.